The van der Waals surface area contributed by atoms with Crippen LogP contribution in [0.2, 0.25) is 0 Å². The fourth-order valence-corrected chi connectivity index (χ4v) is 2.45. The lowest BCUT2D eigenvalue weighted by Crippen LogP contribution is -2.17. The predicted molar refractivity (Wildman–Crippen MR) is 85.3 cm³/mol. The zero-order valence-electron chi connectivity index (χ0n) is 14.0. The first kappa shape index (κ1) is 20.0. The van der Waals surface area contributed by atoms with Crippen LogP contribution in [-0.2, 0) is 0 Å². The maximum absolute atomic E-state index is 12.7. The molecule has 6 nitrogen and oxygen atoms in total. The molecule has 0 spiro atoms. The number of aromatic amines is 1. The highest BCUT2D eigenvalue weighted by Crippen LogP contribution is 2.35. The lowest BCUT2D eigenvalue weighted by Gasteiger charge is -2.13. The van der Waals surface area contributed by atoms with Gasteiger partial charge in [0, 0.05) is 5.56 Å². The fourth-order valence-electron chi connectivity index (χ4n) is 2.45. The predicted octanol–water partition coefficient (Wildman–Crippen LogP) is 4.81. The van der Waals surface area contributed by atoms with E-state index in [-0.39, 0.29) is 28.1 Å². The van der Waals surface area contributed by atoms with Crippen molar-refractivity contribution >= 4 is 0 Å². The Morgan fingerprint density at radius 1 is 0.793 bits per heavy atom. The summed E-state index contributed by atoms with van der Waals surface area (Å²) in [5.41, 5.74) is 0.428. The summed E-state index contributed by atoms with van der Waals surface area (Å²) in [5.74, 6) is -1.10. The van der Waals surface area contributed by atoms with Crippen molar-refractivity contribution in [2.24, 2.45) is 0 Å². The normalized spacial score (nSPS) is 11.8. The highest BCUT2D eigenvalue weighted by atomic mass is 19.4. The third kappa shape index (κ3) is 5.16. The van der Waals surface area contributed by atoms with Crippen molar-refractivity contribution < 1.29 is 35.8 Å². The minimum atomic E-state index is -4.98. The fraction of sp³-hybridized carbons (Fsp3) is 0.118. The Balaban J connectivity index is 2.05. The molecule has 1 aromatic heterocycles. The first-order chi connectivity index (χ1) is 13.5. The number of nitrogens with one attached hydrogen (secondary N) is 1. The number of H-pyrrole nitrogens is 1. The van der Waals surface area contributed by atoms with E-state index >= 15 is 0 Å². The van der Waals surface area contributed by atoms with Crippen LogP contribution in [0.4, 0.5) is 26.3 Å². The zero-order valence-corrected chi connectivity index (χ0v) is 14.0. The second kappa shape index (κ2) is 7.34. The van der Waals surface area contributed by atoms with Gasteiger partial charge in [-0.05, 0) is 41.5 Å². The standard InChI is InChI=1S/C17H8F6N4O2/c18-16(19,20)28-12-3-1-9(2-4-12)10-5-11(15-14(8-24)25-27-26-15)7-13(6-10)29-17(21,22)23/h1-7H,(H,25,26,27). The van der Waals surface area contributed by atoms with Crippen LogP contribution >= 0.6 is 0 Å². The van der Waals surface area contributed by atoms with Crippen LogP contribution in [0, 0.1) is 11.3 Å². The summed E-state index contributed by atoms with van der Waals surface area (Å²) in [6.45, 7) is 0. The van der Waals surface area contributed by atoms with Crippen LogP contribution < -0.4 is 9.47 Å². The van der Waals surface area contributed by atoms with Crippen molar-refractivity contribution in [1.29, 1.82) is 5.26 Å². The number of aromatic nitrogens is 3. The van der Waals surface area contributed by atoms with Crippen molar-refractivity contribution in [2.45, 2.75) is 12.7 Å². The van der Waals surface area contributed by atoms with Crippen molar-refractivity contribution in [1.82, 2.24) is 15.4 Å². The molecule has 0 bridgehead atoms. The molecule has 0 aliphatic heterocycles. The monoisotopic (exact) mass is 414 g/mol. The molecule has 12 heteroatoms. The summed E-state index contributed by atoms with van der Waals surface area (Å²) in [4.78, 5) is 0. The average Bonchev–Trinajstić information content (AvgIpc) is 3.08. The molecule has 0 amide bonds. The minimum Gasteiger partial charge on any atom is -0.406 e. The van der Waals surface area contributed by atoms with Gasteiger partial charge in [0.1, 0.15) is 23.3 Å². The molecule has 0 atom stereocenters. The molecular formula is C17H8F6N4O2. The summed E-state index contributed by atoms with van der Waals surface area (Å²) in [6.07, 6.45) is -9.86. The summed E-state index contributed by atoms with van der Waals surface area (Å²) in [6, 6.07) is 9.69. The maximum Gasteiger partial charge on any atom is 0.573 e. The van der Waals surface area contributed by atoms with Crippen LogP contribution in [0.15, 0.2) is 42.5 Å². The molecule has 0 unspecified atom stereocenters. The van der Waals surface area contributed by atoms with E-state index in [0.29, 0.717) is 0 Å². The van der Waals surface area contributed by atoms with Crippen molar-refractivity contribution in [3.63, 3.8) is 0 Å². The van der Waals surface area contributed by atoms with Gasteiger partial charge in [-0.3, -0.25) is 0 Å². The molecule has 0 saturated carbocycles. The van der Waals surface area contributed by atoms with E-state index in [2.05, 4.69) is 24.9 Å². The van der Waals surface area contributed by atoms with Gasteiger partial charge in [0.2, 0.25) is 0 Å². The van der Waals surface area contributed by atoms with E-state index in [1.165, 1.54) is 18.2 Å². The lowest BCUT2D eigenvalue weighted by atomic mass is 10.0. The van der Waals surface area contributed by atoms with Gasteiger partial charge >= 0.3 is 12.7 Å². The Kier molecular flexibility index (Phi) is 5.06. The molecule has 2 aromatic carbocycles. The third-order valence-electron chi connectivity index (χ3n) is 3.50. The van der Waals surface area contributed by atoms with Crippen LogP contribution in [0.3, 0.4) is 0 Å². The molecule has 1 heterocycles. The quantitative estimate of drug-likeness (QED) is 0.620. The first-order valence-electron chi connectivity index (χ1n) is 7.62. The Morgan fingerprint density at radius 3 is 1.97 bits per heavy atom. The number of nitriles is 1. The van der Waals surface area contributed by atoms with Gasteiger partial charge in [0.25, 0.3) is 0 Å². The Labute approximate surface area is 158 Å². The van der Waals surface area contributed by atoms with Gasteiger partial charge < -0.3 is 9.47 Å². The number of benzene rings is 2. The summed E-state index contributed by atoms with van der Waals surface area (Å²) < 4.78 is 82.5. The molecule has 0 radical (unpaired) electrons. The number of alkyl halides is 6. The van der Waals surface area contributed by atoms with Gasteiger partial charge in [-0.1, -0.05) is 17.3 Å². The van der Waals surface area contributed by atoms with Gasteiger partial charge in [0.15, 0.2) is 5.69 Å². The number of halogens is 6. The van der Waals surface area contributed by atoms with Crippen molar-refractivity contribution in [2.75, 3.05) is 0 Å². The Hall–Kier alpha value is -3.75. The van der Waals surface area contributed by atoms with E-state index in [1.807, 2.05) is 0 Å². The van der Waals surface area contributed by atoms with Gasteiger partial charge in [0.05, 0.1) is 0 Å². The minimum absolute atomic E-state index is 0.0154. The van der Waals surface area contributed by atoms with E-state index in [9.17, 15) is 26.3 Å². The number of hydrogen-bond acceptors (Lipinski definition) is 5. The molecule has 150 valence electrons. The third-order valence-corrected chi connectivity index (χ3v) is 3.50. The second-order valence-electron chi connectivity index (χ2n) is 5.51. The van der Waals surface area contributed by atoms with E-state index in [0.717, 1.165) is 24.3 Å². The number of rotatable bonds is 4. The number of ether oxygens (including phenoxy) is 2. The van der Waals surface area contributed by atoms with Gasteiger partial charge in [-0.15, -0.1) is 31.4 Å². The molecule has 3 aromatic rings. The van der Waals surface area contributed by atoms with Crippen LogP contribution in [0.25, 0.3) is 22.4 Å². The second-order valence-corrected chi connectivity index (χ2v) is 5.51. The highest BCUT2D eigenvalue weighted by Gasteiger charge is 2.32. The largest absolute Gasteiger partial charge is 0.573 e. The molecular weight excluding hydrogens is 406 g/mol. The van der Waals surface area contributed by atoms with Crippen molar-refractivity contribution in [3.05, 3.63) is 48.2 Å². The summed E-state index contributed by atoms with van der Waals surface area (Å²) in [5, 5.41) is 18.5. The highest BCUT2D eigenvalue weighted by molar-refractivity contribution is 5.75. The molecule has 3 rings (SSSR count). The molecule has 0 saturated heterocycles. The smallest absolute Gasteiger partial charge is 0.406 e. The number of hydrogen-bond donors (Lipinski definition) is 1. The summed E-state index contributed by atoms with van der Waals surface area (Å²) in [7, 11) is 0. The van der Waals surface area contributed by atoms with Crippen LogP contribution in [-0.4, -0.2) is 28.1 Å². The Bertz CT molecular complexity index is 1050. The van der Waals surface area contributed by atoms with E-state index < -0.39 is 24.2 Å². The van der Waals surface area contributed by atoms with Crippen molar-refractivity contribution in [3.8, 4) is 40.0 Å². The lowest BCUT2D eigenvalue weighted by molar-refractivity contribution is -0.275. The number of nitrogens with zero attached hydrogens (tertiary/aromatic N) is 3. The first-order valence-corrected chi connectivity index (χ1v) is 7.62. The van der Waals surface area contributed by atoms with E-state index in [1.54, 1.807) is 6.07 Å². The zero-order chi connectivity index (χ0) is 21.2. The molecule has 0 aliphatic rings. The topological polar surface area (TPSA) is 83.8 Å². The molecule has 1 N–H and O–H groups in total. The maximum atomic E-state index is 12.7. The Morgan fingerprint density at radius 2 is 1.38 bits per heavy atom. The average molecular weight is 414 g/mol. The van der Waals surface area contributed by atoms with E-state index in [4.69, 9.17) is 5.26 Å². The molecule has 0 aliphatic carbocycles. The van der Waals surface area contributed by atoms with Gasteiger partial charge in [-0.2, -0.15) is 5.26 Å². The molecule has 0 fully saturated rings. The van der Waals surface area contributed by atoms with Crippen LogP contribution in [0.5, 0.6) is 11.5 Å². The summed E-state index contributed by atoms with van der Waals surface area (Å²) >= 11 is 0. The van der Waals surface area contributed by atoms with Gasteiger partial charge in [-0.25, -0.2) is 5.10 Å². The van der Waals surface area contributed by atoms with Crippen LogP contribution in [0.1, 0.15) is 5.69 Å². The molecule has 29 heavy (non-hydrogen) atoms. The SMILES string of the molecule is N#Cc1[nH]nnc1-c1cc(OC(F)(F)F)cc(-c2ccc(OC(F)(F)F)cc2)c1.